The van der Waals surface area contributed by atoms with E-state index in [1.54, 1.807) is 0 Å². The molecule has 0 saturated carbocycles. The van der Waals surface area contributed by atoms with Gasteiger partial charge in [0.15, 0.2) is 0 Å². The number of aromatic nitrogens is 2. The second-order valence-electron chi connectivity index (χ2n) is 7.05. The quantitative estimate of drug-likeness (QED) is 0.718. The lowest BCUT2D eigenvalue weighted by molar-refractivity contribution is 0.234. The Labute approximate surface area is 151 Å². The van der Waals surface area contributed by atoms with Crippen LogP contribution in [0, 0.1) is 0 Å². The third-order valence-corrected chi connectivity index (χ3v) is 4.90. The molecule has 0 aromatic carbocycles. The van der Waals surface area contributed by atoms with Crippen LogP contribution in [0.1, 0.15) is 45.0 Å². The maximum absolute atomic E-state index is 11.2. The molecule has 0 fully saturated rings. The topological polar surface area (TPSA) is 67.2 Å². The first-order chi connectivity index (χ1) is 11.7. The van der Waals surface area contributed by atoms with Crippen LogP contribution in [-0.2, 0) is 29.7 Å². The second kappa shape index (κ2) is 8.78. The minimum absolute atomic E-state index is 0.252. The van der Waals surface area contributed by atoms with Crippen molar-refractivity contribution in [2.45, 2.75) is 53.2 Å². The molecule has 140 valence electrons. The molecule has 0 spiro atoms. The van der Waals surface area contributed by atoms with E-state index < -0.39 is 10.0 Å². The molecular weight excluding hydrogens is 336 g/mol. The van der Waals surface area contributed by atoms with Gasteiger partial charge >= 0.3 is 0 Å². The van der Waals surface area contributed by atoms with Crippen LogP contribution in [0.4, 0.5) is 0 Å². The summed E-state index contributed by atoms with van der Waals surface area (Å²) >= 11 is 0. The summed E-state index contributed by atoms with van der Waals surface area (Å²) in [5.41, 5.74) is 4.72. The van der Waals surface area contributed by atoms with Crippen LogP contribution in [0.15, 0.2) is 29.4 Å². The van der Waals surface area contributed by atoms with E-state index in [1.165, 1.54) is 11.1 Å². The Hall–Kier alpha value is -1.44. The average Bonchev–Trinajstić information content (AvgIpc) is 2.92. The summed E-state index contributed by atoms with van der Waals surface area (Å²) in [5, 5.41) is 4.48. The van der Waals surface area contributed by atoms with Gasteiger partial charge < -0.3 is 0 Å². The summed E-state index contributed by atoms with van der Waals surface area (Å²) in [7, 11) is -3.19. The van der Waals surface area contributed by atoms with Crippen molar-refractivity contribution in [3.05, 3.63) is 40.8 Å². The third-order valence-electron chi connectivity index (χ3n) is 4.23. The fraction of sp³-hybridized carbons (Fsp3) is 0.611. The lowest BCUT2D eigenvalue weighted by Gasteiger charge is -2.26. The van der Waals surface area contributed by atoms with Crippen LogP contribution >= 0.6 is 0 Å². The molecule has 6 nitrogen and oxygen atoms in total. The maximum atomic E-state index is 11.2. The highest BCUT2D eigenvalue weighted by Crippen LogP contribution is 2.15. The predicted octanol–water partition coefficient (Wildman–Crippen LogP) is 2.44. The van der Waals surface area contributed by atoms with Crippen LogP contribution in [0.25, 0.3) is 0 Å². The maximum Gasteiger partial charge on any atom is 0.209 e. The Morgan fingerprint density at radius 2 is 2.04 bits per heavy atom. The van der Waals surface area contributed by atoms with Gasteiger partial charge in [-0.2, -0.15) is 5.10 Å². The smallest absolute Gasteiger partial charge is 0.209 e. The van der Waals surface area contributed by atoms with E-state index in [0.29, 0.717) is 0 Å². The molecule has 0 bridgehead atoms. The molecule has 2 rings (SSSR count). The Bertz CT molecular complexity index is 743. The highest BCUT2D eigenvalue weighted by Gasteiger charge is 2.18. The minimum atomic E-state index is -3.19. The number of allylic oxidation sites excluding steroid dienone is 3. The summed E-state index contributed by atoms with van der Waals surface area (Å²) in [6.07, 6.45) is 7.98. The van der Waals surface area contributed by atoms with Crippen LogP contribution < -0.4 is 4.72 Å². The molecule has 1 aromatic heterocycles. The number of rotatable bonds is 8. The van der Waals surface area contributed by atoms with Gasteiger partial charge in [-0.1, -0.05) is 23.3 Å². The number of hydrogen-bond acceptors (Lipinski definition) is 4. The Morgan fingerprint density at radius 3 is 2.72 bits per heavy atom. The molecule has 25 heavy (non-hydrogen) atoms. The first kappa shape index (κ1) is 19.9. The zero-order valence-corrected chi connectivity index (χ0v) is 16.6. The lowest BCUT2D eigenvalue weighted by Crippen LogP contribution is -2.34. The molecule has 1 aliphatic rings. The van der Waals surface area contributed by atoms with Crippen LogP contribution in [-0.4, -0.2) is 42.4 Å². The van der Waals surface area contributed by atoms with Gasteiger partial charge in [0, 0.05) is 19.6 Å². The van der Waals surface area contributed by atoms with E-state index in [0.717, 1.165) is 56.7 Å². The molecule has 0 unspecified atom stereocenters. The molecule has 0 radical (unpaired) electrons. The average molecular weight is 367 g/mol. The SMILES string of the molecule is CC(C)=CCCC(C)=CCN1CCn2nc(CNS(C)(=O)=O)cc2C1. The molecular formula is C18H30N4O2S. The van der Waals surface area contributed by atoms with Gasteiger partial charge in [0.1, 0.15) is 0 Å². The molecule has 0 amide bonds. The molecule has 1 aliphatic heterocycles. The number of nitrogens with zero attached hydrogens (tertiary/aromatic N) is 3. The summed E-state index contributed by atoms with van der Waals surface area (Å²) in [6.45, 7) is 10.3. The fourth-order valence-electron chi connectivity index (χ4n) is 2.80. The van der Waals surface area contributed by atoms with Gasteiger partial charge in [0.05, 0.1) is 30.7 Å². The first-order valence-electron chi connectivity index (χ1n) is 8.74. The first-order valence-corrected chi connectivity index (χ1v) is 10.6. The monoisotopic (exact) mass is 366 g/mol. The Balaban J connectivity index is 1.86. The van der Waals surface area contributed by atoms with Gasteiger partial charge in [-0.15, -0.1) is 0 Å². The largest absolute Gasteiger partial charge is 0.292 e. The van der Waals surface area contributed by atoms with E-state index in [1.807, 2.05) is 10.7 Å². The summed E-state index contributed by atoms with van der Waals surface area (Å²) < 4.78 is 26.9. The van der Waals surface area contributed by atoms with Crippen molar-refractivity contribution in [3.8, 4) is 0 Å². The standard InChI is InChI=1S/C18H30N4O2S/c1-15(2)6-5-7-16(3)8-9-21-10-11-22-18(14-21)12-17(20-22)13-19-25(4,23)24/h6,8,12,19H,5,7,9-11,13-14H2,1-4H3. The van der Waals surface area contributed by atoms with Crippen LogP contribution in [0.5, 0.6) is 0 Å². The van der Waals surface area contributed by atoms with Crippen LogP contribution in [0.2, 0.25) is 0 Å². The highest BCUT2D eigenvalue weighted by atomic mass is 32.2. The van der Waals surface area contributed by atoms with Crippen molar-refractivity contribution in [1.29, 1.82) is 0 Å². The van der Waals surface area contributed by atoms with Crippen molar-refractivity contribution in [2.75, 3.05) is 19.3 Å². The third kappa shape index (κ3) is 7.13. The van der Waals surface area contributed by atoms with Crippen molar-refractivity contribution in [1.82, 2.24) is 19.4 Å². The minimum Gasteiger partial charge on any atom is -0.292 e. The van der Waals surface area contributed by atoms with Gasteiger partial charge in [0.25, 0.3) is 0 Å². The number of fused-ring (bicyclic) bond motifs is 1. The molecule has 2 heterocycles. The number of hydrogen-bond donors (Lipinski definition) is 1. The zero-order chi connectivity index (χ0) is 18.4. The number of sulfonamides is 1. The van der Waals surface area contributed by atoms with Crippen molar-refractivity contribution < 1.29 is 8.42 Å². The van der Waals surface area contributed by atoms with Crippen molar-refractivity contribution in [3.63, 3.8) is 0 Å². The van der Waals surface area contributed by atoms with Gasteiger partial charge in [-0.25, -0.2) is 13.1 Å². The summed E-state index contributed by atoms with van der Waals surface area (Å²) in [5.74, 6) is 0. The Kier molecular flexibility index (Phi) is 6.98. The van der Waals surface area contributed by atoms with E-state index in [-0.39, 0.29) is 6.54 Å². The lowest BCUT2D eigenvalue weighted by atomic mass is 10.1. The van der Waals surface area contributed by atoms with Gasteiger partial charge in [-0.3, -0.25) is 9.58 Å². The second-order valence-corrected chi connectivity index (χ2v) is 8.88. The summed E-state index contributed by atoms with van der Waals surface area (Å²) in [6, 6.07) is 2.00. The van der Waals surface area contributed by atoms with E-state index in [4.69, 9.17) is 0 Å². The number of nitrogens with one attached hydrogen (secondary N) is 1. The normalized spacial score (nSPS) is 15.9. The zero-order valence-electron chi connectivity index (χ0n) is 15.7. The predicted molar refractivity (Wildman–Crippen MR) is 102 cm³/mol. The van der Waals surface area contributed by atoms with E-state index in [9.17, 15) is 8.42 Å². The molecule has 1 N–H and O–H groups in total. The highest BCUT2D eigenvalue weighted by molar-refractivity contribution is 7.88. The molecule has 1 aromatic rings. The molecule has 7 heteroatoms. The van der Waals surface area contributed by atoms with E-state index in [2.05, 4.69) is 47.6 Å². The van der Waals surface area contributed by atoms with Crippen molar-refractivity contribution in [2.24, 2.45) is 0 Å². The van der Waals surface area contributed by atoms with Gasteiger partial charge in [-0.05, 0) is 39.7 Å². The molecule has 0 saturated heterocycles. The van der Waals surface area contributed by atoms with Crippen LogP contribution in [0.3, 0.4) is 0 Å². The van der Waals surface area contributed by atoms with E-state index >= 15 is 0 Å². The van der Waals surface area contributed by atoms with Gasteiger partial charge in [0.2, 0.25) is 10.0 Å². The Morgan fingerprint density at radius 1 is 1.28 bits per heavy atom. The van der Waals surface area contributed by atoms with Crippen molar-refractivity contribution >= 4 is 10.0 Å². The molecule has 0 aliphatic carbocycles. The summed E-state index contributed by atoms with van der Waals surface area (Å²) in [4.78, 5) is 2.40. The fourth-order valence-corrected chi connectivity index (χ4v) is 3.21. The molecule has 0 atom stereocenters.